The maximum Gasteiger partial charge on any atom is 0.233 e. The Bertz CT molecular complexity index is 1020. The summed E-state index contributed by atoms with van der Waals surface area (Å²) in [6.45, 7) is 6.18. The summed E-state index contributed by atoms with van der Waals surface area (Å²) in [5.74, 6) is 2.23. The molecule has 2 aliphatic heterocycles. The van der Waals surface area contributed by atoms with Crippen molar-refractivity contribution in [2.45, 2.75) is 55.2 Å². The predicted molar refractivity (Wildman–Crippen MR) is 137 cm³/mol. The van der Waals surface area contributed by atoms with Gasteiger partial charge in [0.25, 0.3) is 0 Å². The van der Waals surface area contributed by atoms with Gasteiger partial charge < -0.3 is 15.1 Å². The highest BCUT2D eigenvalue weighted by atomic mass is 32.2. The highest BCUT2D eigenvalue weighted by Crippen LogP contribution is 2.35. The summed E-state index contributed by atoms with van der Waals surface area (Å²) in [5.41, 5.74) is 2.29. The standard InChI is InChI=1S/C26H32N6S/c1-20-12-14-21(15-13-20)33-23-11-5-4-10-22(23)27-24-28-25(31-16-6-2-7-17-31)30-26(29-24)32-18-8-3-9-19-32/h4-5,10-15H,2-3,6-9,16-19H2,1H3,(H,27,28,29,30). The third-order valence-electron chi connectivity index (χ3n) is 6.27. The lowest BCUT2D eigenvalue weighted by molar-refractivity contribution is 0.556. The number of rotatable bonds is 6. The van der Waals surface area contributed by atoms with E-state index < -0.39 is 0 Å². The summed E-state index contributed by atoms with van der Waals surface area (Å²) >= 11 is 1.75. The van der Waals surface area contributed by atoms with E-state index in [0.29, 0.717) is 5.95 Å². The zero-order chi connectivity index (χ0) is 22.5. The number of anilines is 4. The van der Waals surface area contributed by atoms with E-state index in [4.69, 9.17) is 15.0 Å². The van der Waals surface area contributed by atoms with E-state index in [1.807, 2.05) is 0 Å². The van der Waals surface area contributed by atoms with Gasteiger partial charge in [-0.1, -0.05) is 41.6 Å². The van der Waals surface area contributed by atoms with Crippen LogP contribution in [0.25, 0.3) is 0 Å². The molecule has 0 bridgehead atoms. The molecule has 2 saturated heterocycles. The normalized spacial score (nSPS) is 16.6. The predicted octanol–water partition coefficient (Wildman–Crippen LogP) is 6.06. The molecule has 5 rings (SSSR count). The average Bonchev–Trinajstić information content (AvgIpc) is 2.87. The van der Waals surface area contributed by atoms with Crippen LogP contribution in [-0.4, -0.2) is 41.1 Å². The summed E-state index contributed by atoms with van der Waals surface area (Å²) in [6, 6.07) is 17.0. The quantitative estimate of drug-likeness (QED) is 0.480. The van der Waals surface area contributed by atoms with E-state index in [2.05, 4.69) is 70.6 Å². The van der Waals surface area contributed by atoms with Gasteiger partial charge in [0.1, 0.15) is 0 Å². The van der Waals surface area contributed by atoms with Gasteiger partial charge in [-0.05, 0) is 69.7 Å². The number of hydrogen-bond donors (Lipinski definition) is 1. The Morgan fingerprint density at radius 1 is 0.697 bits per heavy atom. The van der Waals surface area contributed by atoms with Crippen LogP contribution in [0.1, 0.15) is 44.1 Å². The molecule has 0 saturated carbocycles. The van der Waals surface area contributed by atoms with Crippen molar-refractivity contribution >= 4 is 35.3 Å². The molecule has 3 heterocycles. The number of aromatic nitrogens is 3. The van der Waals surface area contributed by atoms with Gasteiger partial charge in [-0.3, -0.25) is 0 Å². The number of nitrogens with one attached hydrogen (secondary N) is 1. The van der Waals surface area contributed by atoms with Crippen molar-refractivity contribution in [2.75, 3.05) is 41.3 Å². The lowest BCUT2D eigenvalue weighted by atomic mass is 10.1. The molecule has 1 N–H and O–H groups in total. The Kier molecular flexibility index (Phi) is 6.95. The average molecular weight is 461 g/mol. The minimum atomic E-state index is 0.628. The lowest BCUT2D eigenvalue weighted by Crippen LogP contribution is -2.34. The minimum Gasteiger partial charge on any atom is -0.341 e. The van der Waals surface area contributed by atoms with Crippen LogP contribution in [0, 0.1) is 6.92 Å². The monoisotopic (exact) mass is 460 g/mol. The van der Waals surface area contributed by atoms with E-state index in [0.717, 1.165) is 48.7 Å². The maximum absolute atomic E-state index is 4.91. The Morgan fingerprint density at radius 3 is 1.88 bits per heavy atom. The molecule has 6 nitrogen and oxygen atoms in total. The summed E-state index contributed by atoms with van der Waals surface area (Å²) < 4.78 is 0. The Labute approximate surface area is 200 Å². The smallest absolute Gasteiger partial charge is 0.233 e. The van der Waals surface area contributed by atoms with E-state index in [-0.39, 0.29) is 0 Å². The minimum absolute atomic E-state index is 0.628. The molecule has 2 aliphatic rings. The molecule has 0 spiro atoms. The molecule has 7 heteroatoms. The molecule has 2 fully saturated rings. The van der Waals surface area contributed by atoms with Crippen LogP contribution < -0.4 is 15.1 Å². The van der Waals surface area contributed by atoms with E-state index in [1.165, 1.54) is 49.0 Å². The van der Waals surface area contributed by atoms with Crippen molar-refractivity contribution in [2.24, 2.45) is 0 Å². The number of piperidine rings is 2. The lowest BCUT2D eigenvalue weighted by Gasteiger charge is -2.30. The summed E-state index contributed by atoms with van der Waals surface area (Å²) in [4.78, 5) is 21.6. The van der Waals surface area contributed by atoms with Crippen LogP contribution >= 0.6 is 11.8 Å². The van der Waals surface area contributed by atoms with Gasteiger partial charge >= 0.3 is 0 Å². The molecule has 172 valence electrons. The highest BCUT2D eigenvalue weighted by Gasteiger charge is 2.20. The van der Waals surface area contributed by atoms with E-state index in [9.17, 15) is 0 Å². The SMILES string of the molecule is Cc1ccc(Sc2ccccc2Nc2nc(N3CCCCC3)nc(N3CCCCC3)n2)cc1. The zero-order valence-corrected chi connectivity index (χ0v) is 20.2. The van der Waals surface area contributed by atoms with Crippen molar-refractivity contribution in [3.05, 3.63) is 54.1 Å². The Hall–Kier alpha value is -2.80. The second-order valence-corrected chi connectivity index (χ2v) is 10.0. The molecular formula is C26H32N6S. The molecule has 0 radical (unpaired) electrons. The number of nitrogens with zero attached hydrogens (tertiary/aromatic N) is 5. The van der Waals surface area contributed by atoms with Crippen molar-refractivity contribution in [1.82, 2.24) is 15.0 Å². The molecule has 0 atom stereocenters. The molecule has 0 aliphatic carbocycles. The molecule has 33 heavy (non-hydrogen) atoms. The highest BCUT2D eigenvalue weighted by molar-refractivity contribution is 7.99. The maximum atomic E-state index is 4.91. The van der Waals surface area contributed by atoms with Gasteiger partial charge in [0.05, 0.1) is 5.69 Å². The first-order valence-corrected chi connectivity index (χ1v) is 12.9. The fourth-order valence-corrected chi connectivity index (χ4v) is 5.29. The second kappa shape index (κ2) is 10.4. The third kappa shape index (κ3) is 5.58. The van der Waals surface area contributed by atoms with Crippen molar-refractivity contribution < 1.29 is 0 Å². The van der Waals surface area contributed by atoms with Crippen LogP contribution in [0.2, 0.25) is 0 Å². The summed E-state index contributed by atoms with van der Waals surface area (Å²) in [6.07, 6.45) is 7.37. The fourth-order valence-electron chi connectivity index (χ4n) is 4.39. The van der Waals surface area contributed by atoms with Gasteiger partial charge in [0.15, 0.2) is 0 Å². The number of benzene rings is 2. The van der Waals surface area contributed by atoms with Crippen LogP contribution in [0.5, 0.6) is 0 Å². The first-order valence-electron chi connectivity index (χ1n) is 12.1. The van der Waals surface area contributed by atoms with E-state index in [1.54, 1.807) is 11.8 Å². The summed E-state index contributed by atoms with van der Waals surface area (Å²) in [7, 11) is 0. The largest absolute Gasteiger partial charge is 0.341 e. The molecule has 0 unspecified atom stereocenters. The fraction of sp³-hybridized carbons (Fsp3) is 0.423. The first-order chi connectivity index (χ1) is 16.2. The number of para-hydroxylation sites is 1. The Morgan fingerprint density at radius 2 is 1.27 bits per heavy atom. The first kappa shape index (κ1) is 22.0. The van der Waals surface area contributed by atoms with Crippen molar-refractivity contribution in [1.29, 1.82) is 0 Å². The number of hydrogen-bond acceptors (Lipinski definition) is 7. The van der Waals surface area contributed by atoms with Gasteiger partial charge in [0.2, 0.25) is 17.8 Å². The van der Waals surface area contributed by atoms with Crippen molar-refractivity contribution in [3.8, 4) is 0 Å². The molecule has 3 aromatic rings. The second-order valence-electron chi connectivity index (χ2n) is 8.89. The van der Waals surface area contributed by atoms with Crippen LogP contribution in [0.4, 0.5) is 23.5 Å². The topological polar surface area (TPSA) is 57.2 Å². The van der Waals surface area contributed by atoms with Gasteiger partial charge in [-0.2, -0.15) is 15.0 Å². The molecule has 0 amide bonds. The Balaban J connectivity index is 1.44. The summed E-state index contributed by atoms with van der Waals surface area (Å²) in [5, 5.41) is 3.53. The third-order valence-corrected chi connectivity index (χ3v) is 7.36. The molecule has 2 aromatic carbocycles. The zero-order valence-electron chi connectivity index (χ0n) is 19.3. The molecular weight excluding hydrogens is 428 g/mol. The van der Waals surface area contributed by atoms with Crippen LogP contribution in [0.15, 0.2) is 58.3 Å². The van der Waals surface area contributed by atoms with Gasteiger partial charge in [-0.15, -0.1) is 0 Å². The van der Waals surface area contributed by atoms with Gasteiger partial charge in [-0.25, -0.2) is 0 Å². The molecule has 1 aromatic heterocycles. The number of aryl methyl sites for hydroxylation is 1. The van der Waals surface area contributed by atoms with Crippen molar-refractivity contribution in [3.63, 3.8) is 0 Å². The van der Waals surface area contributed by atoms with E-state index >= 15 is 0 Å². The van der Waals surface area contributed by atoms with Gasteiger partial charge in [0, 0.05) is 36.0 Å². The van der Waals surface area contributed by atoms with Crippen LogP contribution in [-0.2, 0) is 0 Å². The van der Waals surface area contributed by atoms with Crippen LogP contribution in [0.3, 0.4) is 0 Å².